The third-order valence-corrected chi connectivity index (χ3v) is 4.39. The summed E-state index contributed by atoms with van der Waals surface area (Å²) in [5.74, 6) is -2.84. The number of carboxylic acid groups (broad SMARTS) is 2. The molecule has 0 unspecified atom stereocenters. The van der Waals surface area contributed by atoms with Gasteiger partial charge in [-0.05, 0) is 36.4 Å². The Morgan fingerprint density at radius 1 is 0.576 bits per heavy atom. The van der Waals surface area contributed by atoms with Crippen LogP contribution in [0.15, 0.2) is 85.2 Å². The van der Waals surface area contributed by atoms with Gasteiger partial charge in [0, 0.05) is 40.6 Å². The summed E-state index contributed by atoms with van der Waals surface area (Å²) in [6, 6.07) is 19.5. The number of hydrogen-bond donors (Lipinski definition) is 4. The van der Waals surface area contributed by atoms with Gasteiger partial charge in [0.15, 0.2) is 0 Å². The molecule has 0 aliphatic carbocycles. The summed E-state index contributed by atoms with van der Waals surface area (Å²) in [5, 5.41) is 37.1. The smallest absolute Gasteiger partial charge is 0.340 e. The van der Waals surface area contributed by atoms with Crippen LogP contribution in [0.4, 0.5) is 0 Å². The van der Waals surface area contributed by atoms with Crippen molar-refractivity contribution in [3.05, 3.63) is 96.3 Å². The fraction of sp³-hybridized carbons (Fsp3) is 0. The maximum atomic E-state index is 11.0. The van der Waals surface area contributed by atoms with Crippen molar-refractivity contribution < 1.29 is 47.1 Å². The Kier molecular flexibility index (Phi) is 8.68. The summed E-state index contributed by atoms with van der Waals surface area (Å²) in [6.07, 6.45) is 3.15. The number of nitrogens with zero attached hydrogens (tertiary/aromatic N) is 2. The Balaban J connectivity index is 0.000000227. The molecule has 0 aliphatic rings. The zero-order valence-corrected chi connectivity index (χ0v) is 17.8. The Bertz CT molecular complexity index is 1150. The van der Waals surface area contributed by atoms with E-state index in [1.54, 1.807) is 73.1 Å². The van der Waals surface area contributed by atoms with Crippen LogP contribution in [0.3, 0.4) is 0 Å². The average Bonchev–Trinajstić information content (AvgIpc) is 2.80. The van der Waals surface area contributed by atoms with Gasteiger partial charge in [0.25, 0.3) is 0 Å². The summed E-state index contributed by atoms with van der Waals surface area (Å²) in [6.45, 7) is 0. The molecule has 0 fully saturated rings. The van der Waals surface area contributed by atoms with Crippen molar-refractivity contribution in [1.29, 1.82) is 0 Å². The van der Waals surface area contributed by atoms with Crippen molar-refractivity contribution >= 4 is 11.9 Å². The van der Waals surface area contributed by atoms with Crippen molar-refractivity contribution in [1.82, 2.24) is 9.97 Å². The normalized spacial score (nSPS) is 9.70. The number of rotatable bonds is 4. The molecule has 0 bridgehead atoms. The molecule has 8 nitrogen and oxygen atoms in total. The molecule has 0 saturated heterocycles. The first-order valence-corrected chi connectivity index (χ1v) is 9.33. The van der Waals surface area contributed by atoms with Crippen LogP contribution in [0.1, 0.15) is 20.7 Å². The van der Waals surface area contributed by atoms with Crippen molar-refractivity contribution in [3.8, 4) is 34.0 Å². The molecule has 2 aromatic heterocycles. The maximum absolute atomic E-state index is 11.0. The second-order valence-electron chi connectivity index (χ2n) is 6.44. The molecule has 0 spiro atoms. The van der Waals surface area contributed by atoms with E-state index in [9.17, 15) is 19.8 Å². The van der Waals surface area contributed by atoms with E-state index in [0.29, 0.717) is 22.5 Å². The second kappa shape index (κ2) is 11.4. The van der Waals surface area contributed by atoms with Crippen LogP contribution in [0.25, 0.3) is 22.5 Å². The number of phenols is 2. The molecular formula is C24H18CuN2O6. The van der Waals surface area contributed by atoms with Crippen molar-refractivity contribution in [2.45, 2.75) is 0 Å². The largest absolute Gasteiger partial charge is 0.507 e. The molecule has 0 amide bonds. The Hall–Kier alpha value is -4.20. The number of carbonyl (C=O) groups is 2. The maximum Gasteiger partial charge on any atom is 0.340 e. The number of benzene rings is 2. The molecule has 2 aromatic carbocycles. The van der Waals surface area contributed by atoms with Crippen molar-refractivity contribution in [2.24, 2.45) is 0 Å². The van der Waals surface area contributed by atoms with Gasteiger partial charge in [-0.25, -0.2) is 9.59 Å². The molecule has 0 saturated carbocycles. The summed E-state index contributed by atoms with van der Waals surface area (Å²) in [7, 11) is 0. The minimum Gasteiger partial charge on any atom is -0.507 e. The predicted molar refractivity (Wildman–Crippen MR) is 117 cm³/mol. The molecule has 33 heavy (non-hydrogen) atoms. The topological polar surface area (TPSA) is 141 Å². The van der Waals surface area contributed by atoms with Crippen LogP contribution >= 0.6 is 0 Å². The quantitative estimate of drug-likeness (QED) is 0.308. The number of aromatic carboxylic acids is 2. The van der Waals surface area contributed by atoms with Crippen molar-refractivity contribution in [3.63, 3.8) is 0 Å². The van der Waals surface area contributed by atoms with Crippen LogP contribution in [0.5, 0.6) is 11.5 Å². The average molecular weight is 494 g/mol. The van der Waals surface area contributed by atoms with Crippen LogP contribution in [-0.2, 0) is 17.1 Å². The molecule has 4 aromatic rings. The number of carboxylic acids is 2. The number of aromatic hydroxyl groups is 2. The van der Waals surface area contributed by atoms with E-state index in [1.807, 2.05) is 0 Å². The molecule has 4 rings (SSSR count). The third kappa shape index (κ3) is 5.94. The minimum atomic E-state index is -1.17. The van der Waals surface area contributed by atoms with Crippen LogP contribution < -0.4 is 0 Å². The third-order valence-electron chi connectivity index (χ3n) is 4.39. The van der Waals surface area contributed by atoms with Gasteiger partial charge in [-0.3, -0.25) is 9.97 Å². The van der Waals surface area contributed by atoms with Crippen LogP contribution in [0.2, 0.25) is 0 Å². The summed E-state index contributed by atoms with van der Waals surface area (Å²) in [4.78, 5) is 30.2. The zero-order valence-electron chi connectivity index (χ0n) is 16.9. The molecule has 2 heterocycles. The van der Waals surface area contributed by atoms with E-state index in [-0.39, 0.29) is 39.7 Å². The fourth-order valence-electron chi connectivity index (χ4n) is 3.00. The van der Waals surface area contributed by atoms with Crippen LogP contribution in [-0.4, -0.2) is 42.3 Å². The van der Waals surface area contributed by atoms with Gasteiger partial charge in [-0.1, -0.05) is 36.4 Å². The van der Waals surface area contributed by atoms with Gasteiger partial charge in [0.05, 0.1) is 11.4 Å². The van der Waals surface area contributed by atoms with Gasteiger partial charge < -0.3 is 20.4 Å². The monoisotopic (exact) mass is 493 g/mol. The Morgan fingerprint density at radius 2 is 0.970 bits per heavy atom. The van der Waals surface area contributed by atoms with E-state index in [2.05, 4.69) is 9.97 Å². The molecule has 0 aliphatic heterocycles. The van der Waals surface area contributed by atoms with E-state index >= 15 is 0 Å². The fourth-order valence-corrected chi connectivity index (χ4v) is 3.00. The summed E-state index contributed by atoms with van der Waals surface area (Å²) < 4.78 is 0. The predicted octanol–water partition coefficient (Wildman–Crippen LogP) is 4.30. The first-order chi connectivity index (χ1) is 15.4. The summed E-state index contributed by atoms with van der Waals surface area (Å²) >= 11 is 0. The van der Waals surface area contributed by atoms with Gasteiger partial charge in [-0.15, -0.1) is 0 Å². The first kappa shape index (κ1) is 25.1. The first-order valence-electron chi connectivity index (χ1n) is 9.33. The van der Waals surface area contributed by atoms with Gasteiger partial charge in [-0.2, -0.15) is 0 Å². The SMILES string of the molecule is O=C(O)c1c(O)cccc1-c1ccccn1.O=C(O)c1c(O)cccc1-c1ccccn1.[Cu]. The van der Waals surface area contributed by atoms with Crippen molar-refractivity contribution in [2.75, 3.05) is 0 Å². The Labute approximate surface area is 199 Å². The number of hydrogen-bond acceptors (Lipinski definition) is 6. The standard InChI is InChI=1S/2C12H9NO3.Cu/c2*14-10-6-3-4-8(11(10)12(15)16)9-5-1-2-7-13-9;/h2*1-7,14H,(H,15,16);. The second-order valence-corrected chi connectivity index (χ2v) is 6.44. The zero-order chi connectivity index (χ0) is 23.1. The van der Waals surface area contributed by atoms with Gasteiger partial charge in [0.1, 0.15) is 22.6 Å². The number of pyridine rings is 2. The molecule has 1 radical (unpaired) electrons. The minimum absolute atomic E-state index is 0. The van der Waals surface area contributed by atoms with E-state index < -0.39 is 11.9 Å². The van der Waals surface area contributed by atoms with E-state index in [1.165, 1.54) is 12.1 Å². The molecule has 9 heteroatoms. The van der Waals surface area contributed by atoms with Gasteiger partial charge in [0.2, 0.25) is 0 Å². The van der Waals surface area contributed by atoms with E-state index in [4.69, 9.17) is 10.2 Å². The molecule has 0 atom stereocenters. The Morgan fingerprint density at radius 3 is 1.27 bits per heavy atom. The van der Waals surface area contributed by atoms with Crippen LogP contribution in [0, 0.1) is 0 Å². The summed E-state index contributed by atoms with van der Waals surface area (Å²) in [5.41, 5.74) is 1.62. The number of aromatic nitrogens is 2. The van der Waals surface area contributed by atoms with Gasteiger partial charge >= 0.3 is 11.9 Å². The molecule has 4 N–H and O–H groups in total. The molecule has 171 valence electrons. The van der Waals surface area contributed by atoms with E-state index in [0.717, 1.165) is 0 Å². The molecular weight excluding hydrogens is 476 g/mol.